The van der Waals surface area contributed by atoms with Crippen molar-refractivity contribution in [2.24, 2.45) is 0 Å². The van der Waals surface area contributed by atoms with E-state index in [2.05, 4.69) is 11.4 Å². The summed E-state index contributed by atoms with van der Waals surface area (Å²) in [7, 11) is 0. The summed E-state index contributed by atoms with van der Waals surface area (Å²) < 4.78 is 0. The summed E-state index contributed by atoms with van der Waals surface area (Å²) in [4.78, 5) is 14.0. The van der Waals surface area contributed by atoms with Gasteiger partial charge in [-0.15, -0.1) is 22.7 Å². The minimum absolute atomic E-state index is 0.0565. The van der Waals surface area contributed by atoms with E-state index in [0.29, 0.717) is 0 Å². The molecular formula is C15H11NOS2. The highest BCUT2D eigenvalue weighted by Crippen LogP contribution is 2.31. The summed E-state index contributed by atoms with van der Waals surface area (Å²) in [6.07, 6.45) is 0. The van der Waals surface area contributed by atoms with Gasteiger partial charge in [-0.3, -0.25) is 4.79 Å². The van der Waals surface area contributed by atoms with Gasteiger partial charge in [0.2, 0.25) is 0 Å². The standard InChI is InChI=1S/C15H11NOS2/c17-15(14-8-4-10-19-14)16-12-6-2-1-5-11(12)13-7-3-9-18-13/h1-10H,(H,16,17). The molecule has 0 aliphatic rings. The summed E-state index contributed by atoms with van der Waals surface area (Å²) in [5, 5.41) is 6.92. The molecule has 0 atom stereocenters. The number of hydrogen-bond donors (Lipinski definition) is 1. The van der Waals surface area contributed by atoms with Crippen molar-refractivity contribution in [3.05, 3.63) is 64.2 Å². The van der Waals surface area contributed by atoms with Crippen LogP contribution >= 0.6 is 22.7 Å². The number of rotatable bonds is 3. The van der Waals surface area contributed by atoms with Crippen molar-refractivity contribution in [1.82, 2.24) is 0 Å². The maximum absolute atomic E-state index is 12.1. The zero-order chi connectivity index (χ0) is 13.1. The molecule has 0 radical (unpaired) electrons. The van der Waals surface area contributed by atoms with E-state index in [0.717, 1.165) is 21.0 Å². The van der Waals surface area contributed by atoms with Crippen LogP contribution in [0.2, 0.25) is 0 Å². The van der Waals surface area contributed by atoms with Gasteiger partial charge in [-0.1, -0.05) is 30.3 Å². The second-order valence-electron chi connectivity index (χ2n) is 3.95. The van der Waals surface area contributed by atoms with E-state index in [1.807, 2.05) is 53.2 Å². The summed E-state index contributed by atoms with van der Waals surface area (Å²) >= 11 is 3.11. The molecule has 3 rings (SSSR count). The molecule has 1 amide bonds. The molecule has 19 heavy (non-hydrogen) atoms. The average molecular weight is 285 g/mol. The van der Waals surface area contributed by atoms with E-state index in [1.54, 1.807) is 11.3 Å². The molecule has 2 nitrogen and oxygen atoms in total. The monoisotopic (exact) mass is 285 g/mol. The maximum Gasteiger partial charge on any atom is 0.265 e. The fourth-order valence-electron chi connectivity index (χ4n) is 1.83. The molecule has 0 bridgehead atoms. The van der Waals surface area contributed by atoms with Crippen LogP contribution < -0.4 is 5.32 Å². The number of anilines is 1. The second kappa shape index (κ2) is 5.38. The van der Waals surface area contributed by atoms with Crippen LogP contribution in [0.3, 0.4) is 0 Å². The highest BCUT2D eigenvalue weighted by molar-refractivity contribution is 7.13. The van der Waals surface area contributed by atoms with Gasteiger partial charge >= 0.3 is 0 Å². The number of nitrogens with one attached hydrogen (secondary N) is 1. The van der Waals surface area contributed by atoms with E-state index in [4.69, 9.17) is 0 Å². The van der Waals surface area contributed by atoms with Crippen molar-refractivity contribution in [2.75, 3.05) is 5.32 Å². The third-order valence-corrected chi connectivity index (χ3v) is 4.48. The Morgan fingerprint density at radius 3 is 2.42 bits per heavy atom. The van der Waals surface area contributed by atoms with Crippen LogP contribution in [0.5, 0.6) is 0 Å². The van der Waals surface area contributed by atoms with E-state index in [1.165, 1.54) is 11.3 Å². The first-order valence-corrected chi connectivity index (χ1v) is 7.58. The van der Waals surface area contributed by atoms with Crippen LogP contribution in [0.15, 0.2) is 59.3 Å². The Balaban J connectivity index is 1.92. The van der Waals surface area contributed by atoms with Gasteiger partial charge in [0.15, 0.2) is 0 Å². The Morgan fingerprint density at radius 1 is 0.895 bits per heavy atom. The van der Waals surface area contributed by atoms with E-state index in [9.17, 15) is 4.79 Å². The number of para-hydroxylation sites is 1. The Hall–Kier alpha value is -1.91. The highest BCUT2D eigenvalue weighted by atomic mass is 32.1. The van der Waals surface area contributed by atoms with E-state index in [-0.39, 0.29) is 5.91 Å². The van der Waals surface area contributed by atoms with Crippen LogP contribution in [0.4, 0.5) is 5.69 Å². The van der Waals surface area contributed by atoms with Crippen LogP contribution in [0.25, 0.3) is 10.4 Å². The lowest BCUT2D eigenvalue weighted by Gasteiger charge is -2.08. The van der Waals surface area contributed by atoms with Gasteiger partial charge in [-0.25, -0.2) is 0 Å². The van der Waals surface area contributed by atoms with Crippen molar-refractivity contribution in [1.29, 1.82) is 0 Å². The van der Waals surface area contributed by atoms with Crippen LogP contribution in [0.1, 0.15) is 9.67 Å². The first-order chi connectivity index (χ1) is 9.34. The Bertz CT molecular complexity index is 672. The zero-order valence-electron chi connectivity index (χ0n) is 10.00. The van der Waals surface area contributed by atoms with Crippen molar-refractivity contribution in [3.8, 4) is 10.4 Å². The van der Waals surface area contributed by atoms with Gasteiger partial charge < -0.3 is 5.32 Å². The molecule has 0 saturated carbocycles. The second-order valence-corrected chi connectivity index (χ2v) is 5.85. The molecule has 2 aromatic heterocycles. The molecule has 1 N–H and O–H groups in total. The quantitative estimate of drug-likeness (QED) is 0.740. The lowest BCUT2D eigenvalue weighted by atomic mass is 10.1. The predicted octanol–water partition coefficient (Wildman–Crippen LogP) is 4.73. The van der Waals surface area contributed by atoms with Gasteiger partial charge in [0.05, 0.1) is 4.88 Å². The number of hydrogen-bond acceptors (Lipinski definition) is 3. The Labute approximate surface area is 119 Å². The molecule has 3 aromatic rings. The Morgan fingerprint density at radius 2 is 1.68 bits per heavy atom. The minimum atomic E-state index is -0.0565. The lowest BCUT2D eigenvalue weighted by Crippen LogP contribution is -2.10. The molecule has 0 spiro atoms. The van der Waals surface area contributed by atoms with Crippen LogP contribution in [-0.2, 0) is 0 Å². The third kappa shape index (κ3) is 2.59. The topological polar surface area (TPSA) is 29.1 Å². The molecule has 0 aliphatic carbocycles. The average Bonchev–Trinajstić information content (AvgIpc) is 3.13. The lowest BCUT2D eigenvalue weighted by molar-refractivity contribution is 0.103. The predicted molar refractivity (Wildman–Crippen MR) is 82.0 cm³/mol. The minimum Gasteiger partial charge on any atom is -0.321 e. The SMILES string of the molecule is O=C(Nc1ccccc1-c1cccs1)c1cccs1. The maximum atomic E-state index is 12.1. The molecule has 2 heterocycles. The van der Waals surface area contributed by atoms with Gasteiger partial charge in [-0.05, 0) is 29.0 Å². The van der Waals surface area contributed by atoms with Crippen LogP contribution in [0, 0.1) is 0 Å². The molecule has 1 aromatic carbocycles. The molecular weight excluding hydrogens is 274 g/mol. The third-order valence-electron chi connectivity index (χ3n) is 2.71. The number of amides is 1. The molecule has 94 valence electrons. The van der Waals surface area contributed by atoms with Crippen LogP contribution in [-0.4, -0.2) is 5.91 Å². The fourth-order valence-corrected chi connectivity index (χ4v) is 3.22. The highest BCUT2D eigenvalue weighted by Gasteiger charge is 2.10. The molecule has 0 saturated heterocycles. The first kappa shape index (κ1) is 12.1. The number of thiophene rings is 2. The smallest absolute Gasteiger partial charge is 0.265 e. The normalized spacial score (nSPS) is 10.3. The zero-order valence-corrected chi connectivity index (χ0v) is 11.6. The van der Waals surface area contributed by atoms with E-state index < -0.39 is 0 Å². The first-order valence-electron chi connectivity index (χ1n) is 5.82. The van der Waals surface area contributed by atoms with Gasteiger partial charge in [0, 0.05) is 16.1 Å². The summed E-state index contributed by atoms with van der Waals surface area (Å²) in [5.74, 6) is -0.0565. The van der Waals surface area contributed by atoms with Gasteiger partial charge in [-0.2, -0.15) is 0 Å². The number of benzene rings is 1. The summed E-state index contributed by atoms with van der Waals surface area (Å²) in [6, 6.07) is 15.6. The molecule has 0 fully saturated rings. The fraction of sp³-hybridized carbons (Fsp3) is 0. The largest absolute Gasteiger partial charge is 0.321 e. The number of carbonyl (C=O) groups is 1. The van der Waals surface area contributed by atoms with Gasteiger partial charge in [0.1, 0.15) is 0 Å². The van der Waals surface area contributed by atoms with Crippen molar-refractivity contribution in [3.63, 3.8) is 0 Å². The van der Waals surface area contributed by atoms with Crippen molar-refractivity contribution < 1.29 is 4.79 Å². The summed E-state index contributed by atoms with van der Waals surface area (Å²) in [6.45, 7) is 0. The summed E-state index contributed by atoms with van der Waals surface area (Å²) in [5.41, 5.74) is 1.91. The Kier molecular flexibility index (Phi) is 3.44. The van der Waals surface area contributed by atoms with Crippen molar-refractivity contribution >= 4 is 34.3 Å². The number of carbonyl (C=O) groups excluding carboxylic acids is 1. The molecule has 4 heteroatoms. The molecule has 0 aliphatic heterocycles. The van der Waals surface area contributed by atoms with E-state index >= 15 is 0 Å². The molecule has 0 unspecified atom stereocenters. The van der Waals surface area contributed by atoms with Crippen molar-refractivity contribution in [2.45, 2.75) is 0 Å². The van der Waals surface area contributed by atoms with Gasteiger partial charge in [0.25, 0.3) is 5.91 Å².